The lowest BCUT2D eigenvalue weighted by molar-refractivity contribution is -0.134. The van der Waals surface area contributed by atoms with E-state index in [1.807, 2.05) is 65.7 Å². The second-order valence-corrected chi connectivity index (χ2v) is 14.8. The fraction of sp³-hybridized carbons (Fsp3) is 0.447. The molecule has 266 valence electrons. The number of hydrogen-bond acceptors (Lipinski definition) is 6. The Balaban J connectivity index is 1.33. The van der Waals surface area contributed by atoms with Crippen LogP contribution >= 0.6 is 0 Å². The van der Waals surface area contributed by atoms with Crippen molar-refractivity contribution >= 4 is 40.5 Å². The average molecular weight is 684 g/mol. The van der Waals surface area contributed by atoms with Crippen molar-refractivity contribution in [3.8, 4) is 0 Å². The Bertz CT molecular complexity index is 1800. The first kappa shape index (κ1) is 36.2. The Morgan fingerprint density at radius 3 is 2.36 bits per heavy atom. The van der Waals surface area contributed by atoms with E-state index in [-0.39, 0.29) is 18.1 Å². The standard InChI is InChI=1S/C38H49N7O5/c1-25-16-18-45(19-17-25)34(47)29(26-12-8-7-9-13-26)22-44-23-32(40-24-44)42-33(46)31(20-27-21-39-30-15-11-10-14-28(27)30)41-35(48)38(5,6)43-36(49)50-37(2,3)4/h7-15,21,23-25,29,31,39H,16-20,22H2,1-6H3,(H,41,48)(H,42,46)(H,43,49)/t29?,31-/m1/s1. The molecule has 2 aromatic heterocycles. The van der Waals surface area contributed by atoms with Gasteiger partial charge in [-0.15, -0.1) is 0 Å². The summed E-state index contributed by atoms with van der Waals surface area (Å²) in [4.78, 5) is 63.4. The van der Waals surface area contributed by atoms with Crippen molar-refractivity contribution in [3.63, 3.8) is 0 Å². The quantitative estimate of drug-likeness (QED) is 0.167. The number of carbonyl (C=O) groups is 4. The van der Waals surface area contributed by atoms with Gasteiger partial charge in [-0.05, 0) is 70.6 Å². The number of nitrogens with one attached hydrogen (secondary N) is 4. The monoisotopic (exact) mass is 683 g/mol. The Morgan fingerprint density at radius 2 is 1.66 bits per heavy atom. The van der Waals surface area contributed by atoms with Crippen molar-refractivity contribution in [1.82, 2.24) is 30.1 Å². The molecule has 4 aromatic rings. The third kappa shape index (κ3) is 9.31. The van der Waals surface area contributed by atoms with Gasteiger partial charge in [0.1, 0.15) is 17.2 Å². The first-order valence-corrected chi connectivity index (χ1v) is 17.2. The van der Waals surface area contributed by atoms with E-state index in [1.54, 1.807) is 51.7 Å². The van der Waals surface area contributed by atoms with Crippen LogP contribution in [0.4, 0.5) is 10.6 Å². The van der Waals surface area contributed by atoms with Gasteiger partial charge in [-0.3, -0.25) is 14.4 Å². The van der Waals surface area contributed by atoms with Crippen LogP contribution < -0.4 is 16.0 Å². The normalized spacial score (nSPS) is 15.3. The number of amides is 4. The van der Waals surface area contributed by atoms with Crippen molar-refractivity contribution in [2.75, 3.05) is 18.4 Å². The minimum absolute atomic E-state index is 0.0755. The number of anilines is 1. The van der Waals surface area contributed by atoms with Gasteiger partial charge < -0.3 is 35.1 Å². The van der Waals surface area contributed by atoms with E-state index in [0.29, 0.717) is 12.5 Å². The largest absolute Gasteiger partial charge is 0.444 e. The summed E-state index contributed by atoms with van der Waals surface area (Å²) in [7, 11) is 0. The third-order valence-electron chi connectivity index (χ3n) is 8.98. The molecule has 2 atom stereocenters. The number of ether oxygens (including phenoxy) is 1. The summed E-state index contributed by atoms with van der Waals surface area (Å²) in [6.45, 7) is 12.3. The first-order valence-electron chi connectivity index (χ1n) is 17.2. The molecular weight excluding hydrogens is 634 g/mol. The predicted octanol–water partition coefficient (Wildman–Crippen LogP) is 5.38. The number of hydrogen-bond donors (Lipinski definition) is 4. The topological polar surface area (TPSA) is 150 Å². The second-order valence-electron chi connectivity index (χ2n) is 14.8. The number of aromatic amines is 1. The van der Waals surface area contributed by atoms with Crippen LogP contribution in [-0.4, -0.2) is 73.5 Å². The zero-order valence-corrected chi connectivity index (χ0v) is 29.8. The molecule has 12 heteroatoms. The fourth-order valence-corrected chi connectivity index (χ4v) is 6.09. The number of aromatic nitrogens is 3. The molecular formula is C38H49N7O5. The summed E-state index contributed by atoms with van der Waals surface area (Å²) in [5.41, 5.74) is 0.507. The number of piperidine rings is 1. The van der Waals surface area contributed by atoms with Crippen molar-refractivity contribution in [3.05, 3.63) is 84.4 Å². The van der Waals surface area contributed by atoms with Gasteiger partial charge in [0.05, 0.1) is 12.2 Å². The van der Waals surface area contributed by atoms with Crippen molar-refractivity contribution in [2.45, 2.75) is 90.4 Å². The smallest absolute Gasteiger partial charge is 0.408 e. The molecule has 0 spiro atoms. The number of carbonyl (C=O) groups excluding carboxylic acids is 4. The average Bonchev–Trinajstić information content (AvgIpc) is 3.69. The van der Waals surface area contributed by atoms with Crippen LogP contribution in [0.15, 0.2) is 73.3 Å². The highest BCUT2D eigenvalue weighted by Crippen LogP contribution is 2.26. The van der Waals surface area contributed by atoms with Gasteiger partial charge in [-0.1, -0.05) is 55.5 Å². The van der Waals surface area contributed by atoms with Gasteiger partial charge in [-0.2, -0.15) is 0 Å². The van der Waals surface area contributed by atoms with Crippen LogP contribution in [-0.2, 0) is 32.1 Å². The van der Waals surface area contributed by atoms with E-state index in [1.165, 1.54) is 0 Å². The molecule has 0 aliphatic carbocycles. The summed E-state index contributed by atoms with van der Waals surface area (Å²) in [6, 6.07) is 16.4. The summed E-state index contributed by atoms with van der Waals surface area (Å²) in [5, 5.41) is 9.24. The summed E-state index contributed by atoms with van der Waals surface area (Å²) >= 11 is 0. The molecule has 0 radical (unpaired) electrons. The Kier molecular flexibility index (Phi) is 11.0. The Morgan fingerprint density at radius 1 is 0.980 bits per heavy atom. The van der Waals surface area contributed by atoms with Crippen molar-refractivity contribution in [1.29, 1.82) is 0 Å². The van der Waals surface area contributed by atoms with Crippen LogP contribution in [0.5, 0.6) is 0 Å². The molecule has 1 aliphatic rings. The molecule has 0 saturated carbocycles. The maximum absolute atomic E-state index is 13.9. The zero-order valence-electron chi connectivity index (χ0n) is 29.8. The number of H-pyrrole nitrogens is 1. The van der Waals surface area contributed by atoms with Gasteiger partial charge in [0.2, 0.25) is 17.7 Å². The van der Waals surface area contributed by atoms with Crippen LogP contribution in [0.2, 0.25) is 0 Å². The molecule has 1 aliphatic heterocycles. The van der Waals surface area contributed by atoms with Crippen LogP contribution in [0.25, 0.3) is 10.9 Å². The maximum Gasteiger partial charge on any atom is 0.408 e. The minimum atomic E-state index is -1.39. The molecule has 3 heterocycles. The lowest BCUT2D eigenvalue weighted by atomic mass is 9.94. The van der Waals surface area contributed by atoms with E-state index in [4.69, 9.17) is 4.74 Å². The Hall–Kier alpha value is -5.13. The molecule has 4 N–H and O–H groups in total. The van der Waals surface area contributed by atoms with E-state index in [9.17, 15) is 19.2 Å². The van der Waals surface area contributed by atoms with Gasteiger partial charge in [0.25, 0.3) is 0 Å². The highest BCUT2D eigenvalue weighted by Gasteiger charge is 2.35. The molecule has 1 unspecified atom stereocenters. The van der Waals surface area contributed by atoms with Crippen LogP contribution in [0, 0.1) is 5.92 Å². The number of benzene rings is 2. The zero-order chi connectivity index (χ0) is 36.1. The molecule has 2 aromatic carbocycles. The molecule has 1 saturated heterocycles. The van der Waals surface area contributed by atoms with Gasteiger partial charge in [0, 0.05) is 49.4 Å². The van der Waals surface area contributed by atoms with E-state index < -0.39 is 41.0 Å². The second kappa shape index (κ2) is 15.2. The molecule has 5 rings (SSSR count). The minimum Gasteiger partial charge on any atom is -0.444 e. The number of rotatable bonds is 11. The number of nitrogens with zero attached hydrogens (tertiary/aromatic N) is 3. The number of alkyl carbamates (subject to hydrolysis) is 1. The highest BCUT2D eigenvalue weighted by molar-refractivity contribution is 5.99. The van der Waals surface area contributed by atoms with Gasteiger partial charge in [0.15, 0.2) is 5.82 Å². The summed E-state index contributed by atoms with van der Waals surface area (Å²) in [6.07, 6.45) is 6.50. The number of fused-ring (bicyclic) bond motifs is 1. The lowest BCUT2D eigenvalue weighted by Crippen LogP contribution is -2.59. The van der Waals surface area contributed by atoms with Crippen LogP contribution in [0.1, 0.15) is 71.4 Å². The fourth-order valence-electron chi connectivity index (χ4n) is 6.09. The molecule has 0 bridgehead atoms. The van der Waals surface area contributed by atoms with Crippen LogP contribution in [0.3, 0.4) is 0 Å². The Labute approximate surface area is 293 Å². The first-order chi connectivity index (χ1) is 23.7. The number of para-hydroxylation sites is 1. The summed E-state index contributed by atoms with van der Waals surface area (Å²) in [5.74, 6) is -0.510. The van der Waals surface area contributed by atoms with E-state index in [2.05, 4.69) is 32.8 Å². The predicted molar refractivity (Wildman–Crippen MR) is 192 cm³/mol. The molecule has 1 fully saturated rings. The van der Waals surface area contributed by atoms with Gasteiger partial charge >= 0.3 is 6.09 Å². The highest BCUT2D eigenvalue weighted by atomic mass is 16.6. The molecule has 50 heavy (non-hydrogen) atoms. The molecule has 4 amide bonds. The SMILES string of the molecule is CC1CCN(C(=O)C(Cn2cnc(NC(=O)[C@@H](Cc3c[nH]c4ccccc34)NC(=O)C(C)(C)NC(=O)OC(C)(C)C)c2)c2ccccc2)CC1. The number of likely N-dealkylation sites (tertiary alicyclic amines) is 1. The van der Waals surface area contributed by atoms with E-state index >= 15 is 0 Å². The molecule has 12 nitrogen and oxygen atoms in total. The third-order valence-corrected chi connectivity index (χ3v) is 8.98. The summed E-state index contributed by atoms with van der Waals surface area (Å²) < 4.78 is 7.16. The van der Waals surface area contributed by atoms with E-state index in [0.717, 1.165) is 48.0 Å². The van der Waals surface area contributed by atoms with Crippen molar-refractivity contribution in [2.24, 2.45) is 5.92 Å². The van der Waals surface area contributed by atoms with Gasteiger partial charge in [-0.25, -0.2) is 9.78 Å². The maximum atomic E-state index is 13.9. The number of imidazole rings is 1. The van der Waals surface area contributed by atoms with Crippen molar-refractivity contribution < 1.29 is 23.9 Å². The lowest BCUT2D eigenvalue weighted by Gasteiger charge is -2.33.